The van der Waals surface area contributed by atoms with Crippen molar-refractivity contribution in [3.05, 3.63) is 0 Å². The van der Waals surface area contributed by atoms with E-state index in [1.807, 2.05) is 0 Å². The highest BCUT2D eigenvalue weighted by molar-refractivity contribution is 8.77. The van der Waals surface area contributed by atoms with Gasteiger partial charge in [0.05, 0.1) is 10.7 Å². The van der Waals surface area contributed by atoms with Crippen LogP contribution in [-0.2, 0) is 0 Å². The Balaban J connectivity index is 3.31. The van der Waals surface area contributed by atoms with Crippen molar-refractivity contribution in [2.24, 2.45) is 22.9 Å². The summed E-state index contributed by atoms with van der Waals surface area (Å²) in [5, 5.41) is 0.292. The van der Waals surface area contributed by atoms with E-state index in [1.165, 1.54) is 0 Å². The molecule has 0 amide bonds. The van der Waals surface area contributed by atoms with Crippen molar-refractivity contribution in [1.82, 2.24) is 0 Å². The molecule has 86 valence electrons. The molecule has 8 N–H and O–H groups in total. The molecule has 0 saturated carbocycles. The fraction of sp³-hybridized carbons (Fsp3) is 1.00. The second-order valence-electron chi connectivity index (χ2n) is 3.13. The van der Waals surface area contributed by atoms with Crippen molar-refractivity contribution in [3.63, 3.8) is 0 Å². The Bertz CT molecular complexity index is 112. The van der Waals surface area contributed by atoms with Crippen molar-refractivity contribution in [2.45, 2.75) is 36.4 Å². The minimum atomic E-state index is 0.146. The smallest absolute Gasteiger partial charge is 0.0612 e. The van der Waals surface area contributed by atoms with E-state index in [1.54, 1.807) is 21.6 Å². The maximum absolute atomic E-state index is 5.84. The molecule has 0 aliphatic heterocycles. The van der Waals surface area contributed by atoms with E-state index in [-0.39, 0.29) is 10.7 Å². The van der Waals surface area contributed by atoms with Crippen LogP contribution >= 0.6 is 21.6 Å². The van der Waals surface area contributed by atoms with Gasteiger partial charge >= 0.3 is 0 Å². The molecule has 0 fully saturated rings. The summed E-state index contributed by atoms with van der Waals surface area (Å²) in [7, 11) is 3.30. The summed E-state index contributed by atoms with van der Waals surface area (Å²) in [5.74, 6) is 0. The molecule has 0 heterocycles. The summed E-state index contributed by atoms with van der Waals surface area (Å²) >= 11 is 0. The summed E-state index contributed by atoms with van der Waals surface area (Å²) in [6.07, 6.45) is 3.87. The number of hydrogen-bond acceptors (Lipinski definition) is 6. The fourth-order valence-corrected chi connectivity index (χ4v) is 3.12. The molecule has 0 aliphatic rings. The maximum Gasteiger partial charge on any atom is 0.0612 e. The second kappa shape index (κ2) is 10.1. The van der Waals surface area contributed by atoms with Crippen LogP contribution in [0.15, 0.2) is 0 Å². The van der Waals surface area contributed by atoms with Gasteiger partial charge in [0, 0.05) is 0 Å². The van der Waals surface area contributed by atoms with Crippen LogP contribution in [0, 0.1) is 0 Å². The zero-order chi connectivity index (χ0) is 10.8. The molecule has 0 aromatic heterocycles. The van der Waals surface area contributed by atoms with Gasteiger partial charge in [-0.2, -0.15) is 0 Å². The largest absolute Gasteiger partial charge is 0.330 e. The van der Waals surface area contributed by atoms with Gasteiger partial charge in [-0.05, 0) is 38.8 Å². The molecule has 2 atom stereocenters. The molecule has 0 aliphatic carbocycles. The first kappa shape index (κ1) is 14.5. The Morgan fingerprint density at radius 1 is 0.786 bits per heavy atom. The van der Waals surface area contributed by atoms with E-state index in [9.17, 15) is 0 Å². The monoisotopic (exact) mass is 238 g/mol. The standard InChI is InChI=1S/C8H22N4S2/c9-5-1-3-7(11)13-14-8(12)4-2-6-10/h7-8H,1-6,9-12H2. The van der Waals surface area contributed by atoms with Crippen molar-refractivity contribution in [3.8, 4) is 0 Å². The van der Waals surface area contributed by atoms with Gasteiger partial charge < -0.3 is 22.9 Å². The third-order valence-electron chi connectivity index (χ3n) is 1.69. The minimum absolute atomic E-state index is 0.146. The molecule has 6 heteroatoms. The predicted molar refractivity (Wildman–Crippen MR) is 67.7 cm³/mol. The number of hydrogen-bond donors (Lipinski definition) is 4. The van der Waals surface area contributed by atoms with E-state index in [0.717, 1.165) is 25.7 Å². The number of rotatable bonds is 9. The molecular weight excluding hydrogens is 216 g/mol. The van der Waals surface area contributed by atoms with Gasteiger partial charge in [-0.25, -0.2) is 0 Å². The average molecular weight is 238 g/mol. The van der Waals surface area contributed by atoms with Crippen LogP contribution in [0.2, 0.25) is 0 Å². The van der Waals surface area contributed by atoms with Crippen LogP contribution in [-0.4, -0.2) is 23.8 Å². The molecule has 0 bridgehead atoms. The van der Waals surface area contributed by atoms with Gasteiger partial charge in [0.25, 0.3) is 0 Å². The van der Waals surface area contributed by atoms with Gasteiger partial charge in [-0.1, -0.05) is 21.6 Å². The molecule has 0 aromatic rings. The lowest BCUT2D eigenvalue weighted by molar-refractivity contribution is 0.721. The van der Waals surface area contributed by atoms with Crippen LogP contribution < -0.4 is 22.9 Å². The van der Waals surface area contributed by atoms with Crippen LogP contribution in [0.5, 0.6) is 0 Å². The summed E-state index contributed by atoms with van der Waals surface area (Å²) in [6.45, 7) is 1.41. The summed E-state index contributed by atoms with van der Waals surface area (Å²) in [5.41, 5.74) is 22.5. The molecule has 0 spiro atoms. The lowest BCUT2D eigenvalue weighted by atomic mass is 10.3. The summed E-state index contributed by atoms with van der Waals surface area (Å²) < 4.78 is 0. The molecular formula is C8H22N4S2. The van der Waals surface area contributed by atoms with Crippen LogP contribution in [0.25, 0.3) is 0 Å². The molecule has 0 radical (unpaired) electrons. The van der Waals surface area contributed by atoms with Gasteiger partial charge in [-0.15, -0.1) is 0 Å². The molecule has 14 heavy (non-hydrogen) atoms. The third kappa shape index (κ3) is 9.11. The molecule has 0 rings (SSSR count). The highest BCUT2D eigenvalue weighted by Gasteiger charge is 2.07. The van der Waals surface area contributed by atoms with Gasteiger partial charge in [0.2, 0.25) is 0 Å². The Morgan fingerprint density at radius 3 is 1.43 bits per heavy atom. The van der Waals surface area contributed by atoms with Crippen molar-refractivity contribution >= 4 is 21.6 Å². The zero-order valence-corrected chi connectivity index (χ0v) is 10.2. The van der Waals surface area contributed by atoms with Gasteiger partial charge in [0.1, 0.15) is 0 Å². The van der Waals surface area contributed by atoms with Crippen LogP contribution in [0.3, 0.4) is 0 Å². The molecule has 0 saturated heterocycles. The molecule has 4 nitrogen and oxygen atoms in total. The Labute approximate surface area is 94.3 Å². The molecule has 0 aromatic carbocycles. The minimum Gasteiger partial charge on any atom is -0.330 e. The van der Waals surface area contributed by atoms with E-state index in [4.69, 9.17) is 22.9 Å². The lowest BCUT2D eigenvalue weighted by Crippen LogP contribution is -2.20. The highest BCUT2D eigenvalue weighted by atomic mass is 33.1. The topological polar surface area (TPSA) is 104 Å². The van der Waals surface area contributed by atoms with E-state index < -0.39 is 0 Å². The van der Waals surface area contributed by atoms with Crippen molar-refractivity contribution < 1.29 is 0 Å². The quantitative estimate of drug-likeness (QED) is 0.343. The first-order valence-electron chi connectivity index (χ1n) is 4.94. The lowest BCUT2D eigenvalue weighted by Gasteiger charge is -2.13. The first-order chi connectivity index (χ1) is 6.70. The summed E-state index contributed by atoms with van der Waals surface area (Å²) in [4.78, 5) is 0. The summed E-state index contributed by atoms with van der Waals surface area (Å²) in [6, 6.07) is 0. The third-order valence-corrected chi connectivity index (χ3v) is 4.58. The molecule has 2 unspecified atom stereocenters. The van der Waals surface area contributed by atoms with Gasteiger partial charge in [0.15, 0.2) is 0 Å². The second-order valence-corrected chi connectivity index (χ2v) is 5.88. The Morgan fingerprint density at radius 2 is 1.14 bits per heavy atom. The zero-order valence-electron chi connectivity index (χ0n) is 8.52. The average Bonchev–Trinajstić information content (AvgIpc) is 2.20. The van der Waals surface area contributed by atoms with Crippen LogP contribution in [0.4, 0.5) is 0 Å². The van der Waals surface area contributed by atoms with E-state index >= 15 is 0 Å². The number of nitrogens with two attached hydrogens (primary N) is 4. The van der Waals surface area contributed by atoms with Crippen LogP contribution in [0.1, 0.15) is 25.7 Å². The first-order valence-corrected chi connectivity index (χ1v) is 7.21. The van der Waals surface area contributed by atoms with E-state index in [2.05, 4.69) is 0 Å². The van der Waals surface area contributed by atoms with Gasteiger partial charge in [-0.3, -0.25) is 0 Å². The maximum atomic E-state index is 5.84. The highest BCUT2D eigenvalue weighted by Crippen LogP contribution is 2.30. The predicted octanol–water partition coefficient (Wildman–Crippen LogP) is 0.415. The Hall–Kier alpha value is 0.540. The fourth-order valence-electron chi connectivity index (χ4n) is 0.877. The normalized spacial score (nSPS) is 15.4. The van der Waals surface area contributed by atoms with Crippen molar-refractivity contribution in [2.75, 3.05) is 13.1 Å². The Kier molecular flexibility index (Phi) is 10.5. The van der Waals surface area contributed by atoms with Crippen molar-refractivity contribution in [1.29, 1.82) is 0 Å². The SMILES string of the molecule is NCCCC(N)SSC(N)CCCN. The van der Waals surface area contributed by atoms with E-state index in [0.29, 0.717) is 13.1 Å².